The molecule has 4 aromatic rings. The van der Waals surface area contributed by atoms with Crippen LogP contribution < -0.4 is 4.90 Å². The first kappa shape index (κ1) is 27.1. The number of hydrogen-bond acceptors (Lipinski definition) is 6. The van der Waals surface area contributed by atoms with E-state index in [1.807, 2.05) is 31.2 Å². The van der Waals surface area contributed by atoms with Gasteiger partial charge in [-0.3, -0.25) is 4.90 Å². The maximum Gasteiger partial charge on any atom is 0.226 e. The number of ether oxygens (including phenoxy) is 1. The number of hydrogen-bond donors (Lipinski definition) is 0. The zero-order chi connectivity index (χ0) is 28.0. The van der Waals surface area contributed by atoms with Gasteiger partial charge >= 0.3 is 0 Å². The van der Waals surface area contributed by atoms with Gasteiger partial charge in [-0.2, -0.15) is 9.97 Å². The first-order chi connectivity index (χ1) is 19.3. The van der Waals surface area contributed by atoms with Crippen molar-refractivity contribution in [3.8, 4) is 0 Å². The van der Waals surface area contributed by atoms with Crippen molar-refractivity contribution >= 4 is 28.6 Å². The van der Waals surface area contributed by atoms with Crippen LogP contribution in [-0.2, 0) is 11.3 Å². The van der Waals surface area contributed by atoms with Gasteiger partial charge in [0, 0.05) is 31.8 Å². The lowest BCUT2D eigenvalue weighted by atomic mass is 9.93. The maximum absolute atomic E-state index is 13.8. The third kappa shape index (κ3) is 5.18. The monoisotopic (exact) mass is 566 g/mol. The average Bonchev–Trinajstić information content (AvgIpc) is 3.56. The molecule has 10 heteroatoms. The highest BCUT2D eigenvalue weighted by molar-refractivity contribution is 6.28. The third-order valence-corrected chi connectivity index (χ3v) is 8.33. The van der Waals surface area contributed by atoms with Gasteiger partial charge in [0.05, 0.1) is 18.7 Å². The van der Waals surface area contributed by atoms with Crippen molar-refractivity contribution in [2.75, 3.05) is 24.6 Å². The van der Waals surface area contributed by atoms with Crippen molar-refractivity contribution in [3.63, 3.8) is 0 Å². The van der Waals surface area contributed by atoms with Crippen LogP contribution in [0.15, 0.2) is 48.5 Å². The molecular formula is C30H33ClF2N6O. The van der Waals surface area contributed by atoms with E-state index in [9.17, 15) is 8.78 Å². The van der Waals surface area contributed by atoms with Crippen LogP contribution in [0.4, 0.5) is 14.6 Å². The Morgan fingerprint density at radius 2 is 1.57 bits per heavy atom. The molecule has 210 valence electrons. The minimum Gasteiger partial charge on any atom is -0.376 e. The number of piperazine rings is 1. The molecule has 6 rings (SSSR count). The molecule has 1 unspecified atom stereocenters. The number of aryl methyl sites for hydroxylation is 1. The molecule has 4 heterocycles. The van der Waals surface area contributed by atoms with E-state index in [1.165, 1.54) is 24.3 Å². The highest BCUT2D eigenvalue weighted by Crippen LogP contribution is 2.36. The van der Waals surface area contributed by atoms with Gasteiger partial charge in [-0.25, -0.2) is 13.8 Å². The number of anilines is 1. The normalized spacial score (nSPS) is 22.1. The number of rotatable bonds is 6. The van der Waals surface area contributed by atoms with Crippen molar-refractivity contribution in [3.05, 3.63) is 82.4 Å². The SMILES string of the molecule is Cc1nc2c(N3C[C@@H](C)N(C(c4ccc(F)cc4)c4ccc(F)cc4)C[C@@H]3C)nc(Cl)nc2n1CC1CCCO1. The van der Waals surface area contributed by atoms with Gasteiger partial charge in [-0.15, -0.1) is 0 Å². The van der Waals surface area contributed by atoms with Crippen molar-refractivity contribution in [1.82, 2.24) is 24.4 Å². The van der Waals surface area contributed by atoms with Crippen molar-refractivity contribution in [1.29, 1.82) is 0 Å². The summed E-state index contributed by atoms with van der Waals surface area (Å²) in [6, 6.07) is 13.1. The standard InChI is InChI=1S/C30H33ClF2N6O/c1-18-16-38(28-26-29(36-30(31)35-28)39(20(3)34-26)17-25-5-4-14-40-25)19(2)15-37(18)27(21-6-10-23(32)11-7-21)22-8-12-24(33)13-9-22/h6-13,18-19,25,27H,4-5,14-17H2,1-3H3/t18-,19+,25?/m1/s1. The number of benzene rings is 2. The molecule has 2 aromatic heterocycles. The largest absolute Gasteiger partial charge is 0.376 e. The van der Waals surface area contributed by atoms with Crippen molar-refractivity contribution in [2.45, 2.75) is 64.4 Å². The van der Waals surface area contributed by atoms with Crippen LogP contribution in [0.2, 0.25) is 5.28 Å². The van der Waals surface area contributed by atoms with E-state index in [0.717, 1.165) is 53.4 Å². The lowest BCUT2D eigenvalue weighted by Crippen LogP contribution is -2.57. The first-order valence-electron chi connectivity index (χ1n) is 13.8. The summed E-state index contributed by atoms with van der Waals surface area (Å²) in [7, 11) is 0. The predicted molar refractivity (Wildman–Crippen MR) is 152 cm³/mol. The quantitative estimate of drug-likeness (QED) is 0.269. The number of halogens is 3. The fraction of sp³-hybridized carbons (Fsp3) is 0.433. The van der Waals surface area contributed by atoms with Crippen LogP contribution in [-0.4, -0.2) is 62.3 Å². The van der Waals surface area contributed by atoms with E-state index >= 15 is 0 Å². The summed E-state index contributed by atoms with van der Waals surface area (Å²) in [5, 5.41) is 0.189. The minimum absolute atomic E-state index is 0.0531. The Labute approximate surface area is 237 Å². The lowest BCUT2D eigenvalue weighted by Gasteiger charge is -2.48. The van der Waals surface area contributed by atoms with Crippen LogP contribution in [0.25, 0.3) is 11.2 Å². The van der Waals surface area contributed by atoms with E-state index in [1.54, 1.807) is 0 Å². The Bertz CT molecular complexity index is 1440. The summed E-state index contributed by atoms with van der Waals surface area (Å²) in [4.78, 5) is 18.8. The lowest BCUT2D eigenvalue weighted by molar-refractivity contribution is 0.0973. The Balaban J connectivity index is 1.34. The smallest absolute Gasteiger partial charge is 0.226 e. The molecule has 0 saturated carbocycles. The summed E-state index contributed by atoms with van der Waals surface area (Å²) < 4.78 is 35.6. The van der Waals surface area contributed by atoms with Gasteiger partial charge in [0.2, 0.25) is 5.28 Å². The van der Waals surface area contributed by atoms with Gasteiger partial charge < -0.3 is 14.2 Å². The Hall–Kier alpha value is -3.14. The molecule has 40 heavy (non-hydrogen) atoms. The molecule has 0 amide bonds. The molecule has 0 spiro atoms. The molecule has 3 atom stereocenters. The van der Waals surface area contributed by atoms with Crippen molar-refractivity contribution in [2.24, 2.45) is 0 Å². The minimum atomic E-state index is -0.285. The number of fused-ring (bicyclic) bond motifs is 1. The predicted octanol–water partition coefficient (Wildman–Crippen LogP) is 5.93. The zero-order valence-corrected chi connectivity index (χ0v) is 23.7. The molecule has 0 N–H and O–H groups in total. The number of nitrogens with zero attached hydrogens (tertiary/aromatic N) is 6. The Morgan fingerprint density at radius 1 is 0.925 bits per heavy atom. The molecule has 2 aliphatic heterocycles. The molecule has 2 aromatic carbocycles. The second-order valence-electron chi connectivity index (χ2n) is 10.9. The van der Waals surface area contributed by atoms with Gasteiger partial charge in [0.15, 0.2) is 17.0 Å². The molecule has 0 bridgehead atoms. The van der Waals surface area contributed by atoms with E-state index in [0.29, 0.717) is 19.6 Å². The molecule has 7 nitrogen and oxygen atoms in total. The molecule has 0 aliphatic carbocycles. The highest BCUT2D eigenvalue weighted by Gasteiger charge is 2.37. The van der Waals surface area contributed by atoms with Gasteiger partial charge in [-0.1, -0.05) is 24.3 Å². The van der Waals surface area contributed by atoms with Crippen LogP contribution in [0.1, 0.15) is 49.7 Å². The van der Waals surface area contributed by atoms with Gasteiger partial charge in [0.1, 0.15) is 17.5 Å². The zero-order valence-electron chi connectivity index (χ0n) is 22.9. The van der Waals surface area contributed by atoms with Crippen LogP contribution in [0.3, 0.4) is 0 Å². The number of aromatic nitrogens is 4. The Kier molecular flexibility index (Phi) is 7.46. The van der Waals surface area contributed by atoms with Crippen molar-refractivity contribution < 1.29 is 13.5 Å². The summed E-state index contributed by atoms with van der Waals surface area (Å²) in [5.74, 6) is 1.01. The fourth-order valence-corrected chi connectivity index (χ4v) is 6.31. The second-order valence-corrected chi connectivity index (χ2v) is 11.3. The summed E-state index contributed by atoms with van der Waals surface area (Å²) in [6.07, 6.45) is 2.23. The third-order valence-electron chi connectivity index (χ3n) is 8.16. The van der Waals surface area contributed by atoms with E-state index in [2.05, 4.69) is 38.2 Å². The van der Waals surface area contributed by atoms with E-state index in [-0.39, 0.29) is 41.1 Å². The second kappa shape index (κ2) is 11.0. The van der Waals surface area contributed by atoms with E-state index < -0.39 is 0 Å². The fourth-order valence-electron chi connectivity index (χ4n) is 6.15. The van der Waals surface area contributed by atoms with Crippen LogP contribution in [0, 0.1) is 18.6 Å². The molecular weight excluding hydrogens is 534 g/mol. The maximum atomic E-state index is 13.8. The first-order valence-corrected chi connectivity index (χ1v) is 14.2. The molecule has 2 saturated heterocycles. The Morgan fingerprint density at radius 3 is 2.17 bits per heavy atom. The van der Waals surface area contributed by atoms with Crippen LogP contribution in [0.5, 0.6) is 0 Å². The summed E-state index contributed by atoms with van der Waals surface area (Å²) >= 11 is 6.50. The van der Waals surface area contributed by atoms with E-state index in [4.69, 9.17) is 21.3 Å². The van der Waals surface area contributed by atoms with Gasteiger partial charge in [-0.05, 0) is 80.6 Å². The van der Waals surface area contributed by atoms with Crippen LogP contribution >= 0.6 is 11.6 Å². The molecule has 2 aliphatic rings. The topological polar surface area (TPSA) is 59.3 Å². The van der Waals surface area contributed by atoms with Gasteiger partial charge in [0.25, 0.3) is 0 Å². The summed E-state index contributed by atoms with van der Waals surface area (Å²) in [6.45, 7) is 9.14. The molecule has 2 fully saturated rings. The highest BCUT2D eigenvalue weighted by atomic mass is 35.5. The summed E-state index contributed by atoms with van der Waals surface area (Å²) in [5.41, 5.74) is 3.37. The number of imidazole rings is 1. The average molecular weight is 567 g/mol. The molecule has 0 radical (unpaired) electrons.